The summed E-state index contributed by atoms with van der Waals surface area (Å²) in [5.74, 6) is 0.688. The minimum Gasteiger partial charge on any atom is -0.497 e. The number of fused-ring (bicyclic) bond motifs is 1. The molecule has 0 fully saturated rings. The summed E-state index contributed by atoms with van der Waals surface area (Å²) in [7, 11) is 3.22. The van der Waals surface area contributed by atoms with E-state index in [1.54, 1.807) is 32.4 Å². The van der Waals surface area contributed by atoms with Crippen LogP contribution in [0.5, 0.6) is 5.75 Å². The lowest BCUT2D eigenvalue weighted by atomic mass is 10.1. The van der Waals surface area contributed by atoms with Gasteiger partial charge in [0, 0.05) is 23.7 Å². The number of hydrogen-bond donors (Lipinski definition) is 1. The standard InChI is InChI=1S/C21H24N2O3S/c1-23(13-20(24)22-17-7-4-8-18(12-17)26-2)21(25)14-27-19-10-9-15-5-3-6-16(15)11-19/h4,7-12H,3,5-6,13-14H2,1-2H3,(H,22,24). The number of nitrogens with zero attached hydrogens (tertiary/aromatic N) is 1. The fraction of sp³-hybridized carbons (Fsp3) is 0.333. The molecule has 3 rings (SSSR count). The summed E-state index contributed by atoms with van der Waals surface area (Å²) in [4.78, 5) is 27.1. The van der Waals surface area contributed by atoms with Crippen LogP contribution in [0.1, 0.15) is 17.5 Å². The lowest BCUT2D eigenvalue weighted by Crippen LogP contribution is -2.35. The second-order valence-corrected chi connectivity index (χ2v) is 7.65. The van der Waals surface area contributed by atoms with E-state index in [0.717, 1.165) is 17.7 Å². The van der Waals surface area contributed by atoms with Gasteiger partial charge in [0.15, 0.2) is 0 Å². The van der Waals surface area contributed by atoms with Gasteiger partial charge in [-0.1, -0.05) is 12.1 Å². The Labute approximate surface area is 164 Å². The Hall–Kier alpha value is -2.47. The van der Waals surface area contributed by atoms with E-state index in [1.807, 2.05) is 6.07 Å². The highest BCUT2D eigenvalue weighted by Crippen LogP contribution is 2.27. The Kier molecular flexibility index (Phi) is 6.40. The van der Waals surface area contributed by atoms with Crippen LogP contribution in [0.15, 0.2) is 47.4 Å². The van der Waals surface area contributed by atoms with E-state index in [4.69, 9.17) is 4.74 Å². The third-order valence-corrected chi connectivity index (χ3v) is 5.57. The van der Waals surface area contributed by atoms with Gasteiger partial charge in [0.25, 0.3) is 0 Å². The first-order valence-corrected chi connectivity index (χ1v) is 9.96. The van der Waals surface area contributed by atoms with Gasteiger partial charge >= 0.3 is 0 Å². The average Bonchev–Trinajstić information content (AvgIpc) is 3.13. The molecule has 1 N–H and O–H groups in total. The molecule has 2 aromatic rings. The molecule has 1 aliphatic rings. The van der Waals surface area contributed by atoms with Gasteiger partial charge in [-0.05, 0) is 54.7 Å². The van der Waals surface area contributed by atoms with Crippen LogP contribution in [0.25, 0.3) is 0 Å². The van der Waals surface area contributed by atoms with Crippen molar-refractivity contribution in [3.8, 4) is 5.75 Å². The van der Waals surface area contributed by atoms with Gasteiger partial charge in [-0.2, -0.15) is 0 Å². The van der Waals surface area contributed by atoms with Crippen molar-refractivity contribution in [3.63, 3.8) is 0 Å². The van der Waals surface area contributed by atoms with Gasteiger partial charge in [0.1, 0.15) is 5.75 Å². The highest BCUT2D eigenvalue weighted by molar-refractivity contribution is 8.00. The zero-order valence-electron chi connectivity index (χ0n) is 15.7. The molecule has 1 aliphatic carbocycles. The number of rotatable bonds is 7. The maximum absolute atomic E-state index is 12.3. The molecular formula is C21H24N2O3S. The number of ether oxygens (including phenoxy) is 1. The van der Waals surface area contributed by atoms with Crippen LogP contribution in [0.4, 0.5) is 5.69 Å². The average molecular weight is 385 g/mol. The maximum Gasteiger partial charge on any atom is 0.243 e. The molecule has 27 heavy (non-hydrogen) atoms. The van der Waals surface area contributed by atoms with Crippen LogP contribution in [0.3, 0.4) is 0 Å². The van der Waals surface area contributed by atoms with Crippen molar-refractivity contribution in [3.05, 3.63) is 53.6 Å². The van der Waals surface area contributed by atoms with Crippen molar-refractivity contribution in [2.75, 3.05) is 31.8 Å². The normalized spacial score (nSPS) is 12.4. The Bertz CT molecular complexity index is 838. The van der Waals surface area contributed by atoms with Crippen LogP contribution in [-0.4, -0.2) is 43.2 Å². The molecule has 2 aromatic carbocycles. The number of thioether (sulfide) groups is 1. The molecule has 0 aromatic heterocycles. The van der Waals surface area contributed by atoms with Crippen LogP contribution in [0.2, 0.25) is 0 Å². The SMILES string of the molecule is COc1cccc(NC(=O)CN(C)C(=O)CSc2ccc3c(c2)CCC3)c1. The Balaban J connectivity index is 1.47. The lowest BCUT2D eigenvalue weighted by Gasteiger charge is -2.17. The minimum atomic E-state index is -0.235. The molecule has 0 radical (unpaired) electrons. The van der Waals surface area contributed by atoms with Crippen molar-refractivity contribution in [1.82, 2.24) is 4.90 Å². The van der Waals surface area contributed by atoms with Crippen LogP contribution < -0.4 is 10.1 Å². The van der Waals surface area contributed by atoms with Gasteiger partial charge in [0.2, 0.25) is 11.8 Å². The van der Waals surface area contributed by atoms with E-state index >= 15 is 0 Å². The van der Waals surface area contributed by atoms with Crippen molar-refractivity contribution in [2.45, 2.75) is 24.2 Å². The number of aryl methyl sites for hydroxylation is 2. The Morgan fingerprint density at radius 3 is 2.78 bits per heavy atom. The minimum absolute atomic E-state index is 0.0147. The third kappa shape index (κ3) is 5.26. The molecule has 0 atom stereocenters. The highest BCUT2D eigenvalue weighted by atomic mass is 32.2. The van der Waals surface area contributed by atoms with Crippen LogP contribution in [-0.2, 0) is 22.4 Å². The number of likely N-dealkylation sites (N-methyl/N-ethyl adjacent to an activating group) is 1. The summed E-state index contributed by atoms with van der Waals surface area (Å²) < 4.78 is 5.14. The van der Waals surface area contributed by atoms with E-state index in [-0.39, 0.29) is 18.4 Å². The van der Waals surface area contributed by atoms with Crippen LogP contribution in [0, 0.1) is 0 Å². The maximum atomic E-state index is 12.3. The zero-order valence-corrected chi connectivity index (χ0v) is 16.5. The van der Waals surface area contributed by atoms with E-state index < -0.39 is 0 Å². The van der Waals surface area contributed by atoms with E-state index in [2.05, 4.69) is 23.5 Å². The molecule has 2 amide bonds. The molecule has 0 saturated heterocycles. The molecule has 142 valence electrons. The largest absolute Gasteiger partial charge is 0.497 e. The van der Waals surface area contributed by atoms with Gasteiger partial charge in [-0.15, -0.1) is 11.8 Å². The summed E-state index contributed by atoms with van der Waals surface area (Å²) in [6.45, 7) is 0.0147. The van der Waals surface area contributed by atoms with Gasteiger partial charge in [0.05, 0.1) is 19.4 Å². The van der Waals surface area contributed by atoms with E-state index in [0.29, 0.717) is 17.2 Å². The highest BCUT2D eigenvalue weighted by Gasteiger charge is 2.15. The molecule has 0 unspecified atom stereocenters. The van der Waals surface area contributed by atoms with Gasteiger partial charge in [-0.3, -0.25) is 9.59 Å². The number of amides is 2. The molecule has 5 nitrogen and oxygen atoms in total. The third-order valence-electron chi connectivity index (χ3n) is 4.59. The molecule has 6 heteroatoms. The smallest absolute Gasteiger partial charge is 0.243 e. The Morgan fingerprint density at radius 2 is 1.96 bits per heavy atom. The van der Waals surface area contributed by atoms with Crippen molar-refractivity contribution in [2.24, 2.45) is 0 Å². The zero-order chi connectivity index (χ0) is 19.2. The first-order chi connectivity index (χ1) is 13.0. The monoisotopic (exact) mass is 384 g/mol. The number of carbonyl (C=O) groups is 2. The van der Waals surface area contributed by atoms with Crippen LogP contribution >= 0.6 is 11.8 Å². The van der Waals surface area contributed by atoms with Crippen molar-refractivity contribution < 1.29 is 14.3 Å². The molecule has 0 spiro atoms. The summed E-state index contributed by atoms with van der Waals surface area (Å²) in [6, 6.07) is 13.6. The van der Waals surface area contributed by atoms with E-state index in [1.165, 1.54) is 34.2 Å². The molecular weight excluding hydrogens is 360 g/mol. The number of benzene rings is 2. The number of methoxy groups -OCH3 is 1. The predicted molar refractivity (Wildman–Crippen MR) is 108 cm³/mol. The lowest BCUT2D eigenvalue weighted by molar-refractivity contribution is -0.131. The molecule has 0 bridgehead atoms. The molecule has 0 saturated carbocycles. The topological polar surface area (TPSA) is 58.6 Å². The fourth-order valence-electron chi connectivity index (χ4n) is 3.10. The van der Waals surface area contributed by atoms with Crippen molar-refractivity contribution >= 4 is 29.3 Å². The van der Waals surface area contributed by atoms with Gasteiger partial charge < -0.3 is 15.0 Å². The number of hydrogen-bond acceptors (Lipinski definition) is 4. The number of carbonyl (C=O) groups excluding carboxylic acids is 2. The van der Waals surface area contributed by atoms with Crippen molar-refractivity contribution in [1.29, 1.82) is 0 Å². The molecule has 0 aliphatic heterocycles. The summed E-state index contributed by atoms with van der Waals surface area (Å²) in [6.07, 6.45) is 3.50. The van der Waals surface area contributed by atoms with E-state index in [9.17, 15) is 9.59 Å². The number of nitrogens with one attached hydrogen (secondary N) is 1. The fourth-order valence-corrected chi connectivity index (χ4v) is 4.00. The second-order valence-electron chi connectivity index (χ2n) is 6.60. The number of anilines is 1. The first-order valence-electron chi connectivity index (χ1n) is 8.97. The summed E-state index contributed by atoms with van der Waals surface area (Å²) >= 11 is 1.52. The second kappa shape index (κ2) is 8.95. The summed E-state index contributed by atoms with van der Waals surface area (Å²) in [5, 5.41) is 2.78. The summed E-state index contributed by atoms with van der Waals surface area (Å²) in [5.41, 5.74) is 3.48. The Morgan fingerprint density at radius 1 is 1.15 bits per heavy atom. The van der Waals surface area contributed by atoms with Gasteiger partial charge in [-0.25, -0.2) is 0 Å². The molecule has 0 heterocycles. The predicted octanol–water partition coefficient (Wildman–Crippen LogP) is 3.37. The first kappa shape index (κ1) is 19.3. The quantitative estimate of drug-likeness (QED) is 0.744.